The zero-order valence-corrected chi connectivity index (χ0v) is 12.1. The summed E-state index contributed by atoms with van der Waals surface area (Å²) in [6.07, 6.45) is 3.95. The molecular formula is C18H15NO3. The van der Waals surface area contributed by atoms with E-state index >= 15 is 0 Å². The van der Waals surface area contributed by atoms with Gasteiger partial charge in [0.25, 0.3) is 0 Å². The largest absolute Gasteiger partial charge is 0.495 e. The predicted molar refractivity (Wildman–Crippen MR) is 84.7 cm³/mol. The van der Waals surface area contributed by atoms with Gasteiger partial charge in [-0.15, -0.1) is 0 Å². The van der Waals surface area contributed by atoms with Crippen LogP contribution < -0.4 is 4.74 Å². The Morgan fingerprint density at radius 1 is 1.00 bits per heavy atom. The summed E-state index contributed by atoms with van der Waals surface area (Å²) in [4.78, 5) is 10.9. The molecule has 1 heterocycles. The third-order valence-electron chi connectivity index (χ3n) is 3.52. The fraction of sp³-hybridized carbons (Fsp3) is 0.0556. The molecule has 0 aliphatic rings. The highest BCUT2D eigenvalue weighted by Gasteiger charge is 2.07. The number of carboxylic acid groups (broad SMARTS) is 1. The lowest BCUT2D eigenvalue weighted by Crippen LogP contribution is -1.95. The maximum atomic E-state index is 10.9. The molecule has 22 heavy (non-hydrogen) atoms. The molecule has 4 nitrogen and oxygen atoms in total. The Bertz CT molecular complexity index is 803. The fourth-order valence-electron chi connectivity index (χ4n) is 2.37. The van der Waals surface area contributed by atoms with Crippen LogP contribution in [0.1, 0.15) is 10.4 Å². The van der Waals surface area contributed by atoms with Gasteiger partial charge in [0.1, 0.15) is 5.75 Å². The number of nitrogens with zero attached hydrogens (tertiary/aromatic N) is 1. The number of carbonyl (C=O) groups is 1. The number of ether oxygens (including phenoxy) is 1. The second-order valence-corrected chi connectivity index (χ2v) is 4.86. The van der Waals surface area contributed by atoms with Crippen molar-refractivity contribution in [3.63, 3.8) is 0 Å². The van der Waals surface area contributed by atoms with Gasteiger partial charge < -0.3 is 14.4 Å². The third kappa shape index (κ3) is 2.59. The van der Waals surface area contributed by atoms with Crippen molar-refractivity contribution in [2.75, 3.05) is 7.11 Å². The molecule has 2 aromatic carbocycles. The van der Waals surface area contributed by atoms with E-state index in [1.165, 1.54) is 0 Å². The van der Waals surface area contributed by atoms with Crippen LogP contribution in [0.3, 0.4) is 0 Å². The summed E-state index contributed by atoms with van der Waals surface area (Å²) in [6.45, 7) is 0. The van der Waals surface area contributed by atoms with Gasteiger partial charge in [-0.3, -0.25) is 0 Å². The van der Waals surface area contributed by atoms with Crippen LogP contribution in [0.2, 0.25) is 0 Å². The minimum Gasteiger partial charge on any atom is -0.495 e. The minimum absolute atomic E-state index is 0.285. The van der Waals surface area contributed by atoms with E-state index in [4.69, 9.17) is 9.84 Å². The van der Waals surface area contributed by atoms with E-state index < -0.39 is 5.97 Å². The van der Waals surface area contributed by atoms with E-state index in [1.807, 2.05) is 59.4 Å². The second kappa shape index (κ2) is 5.77. The molecule has 0 amide bonds. The number of aromatic carboxylic acids is 1. The van der Waals surface area contributed by atoms with Crippen LogP contribution in [0.25, 0.3) is 16.8 Å². The average molecular weight is 293 g/mol. The molecule has 4 heteroatoms. The second-order valence-electron chi connectivity index (χ2n) is 4.86. The maximum absolute atomic E-state index is 10.9. The van der Waals surface area contributed by atoms with E-state index in [0.29, 0.717) is 0 Å². The number of para-hydroxylation sites is 2. The number of benzene rings is 2. The van der Waals surface area contributed by atoms with Crippen molar-refractivity contribution in [1.82, 2.24) is 4.57 Å². The Labute approximate surface area is 128 Å². The van der Waals surface area contributed by atoms with Crippen LogP contribution in [0.15, 0.2) is 67.0 Å². The lowest BCUT2D eigenvalue weighted by atomic mass is 10.1. The molecule has 0 radical (unpaired) electrons. The SMILES string of the molecule is COc1ccccc1-n1ccc(-c2ccc(C(=O)O)cc2)c1. The third-order valence-corrected chi connectivity index (χ3v) is 3.52. The molecule has 3 rings (SSSR count). The smallest absolute Gasteiger partial charge is 0.335 e. The first kappa shape index (κ1) is 13.9. The molecule has 0 unspecified atom stereocenters. The van der Waals surface area contributed by atoms with Gasteiger partial charge in [-0.2, -0.15) is 0 Å². The highest BCUT2D eigenvalue weighted by Crippen LogP contribution is 2.26. The summed E-state index contributed by atoms with van der Waals surface area (Å²) < 4.78 is 7.36. The zero-order valence-electron chi connectivity index (χ0n) is 12.1. The number of hydrogen-bond donors (Lipinski definition) is 1. The van der Waals surface area contributed by atoms with Gasteiger partial charge in [0.15, 0.2) is 0 Å². The van der Waals surface area contributed by atoms with Gasteiger partial charge in [-0.25, -0.2) is 4.79 Å². The molecule has 0 bridgehead atoms. The standard InChI is InChI=1S/C18H15NO3/c1-22-17-5-3-2-4-16(17)19-11-10-15(12-19)13-6-8-14(9-7-13)18(20)21/h2-12H,1H3,(H,20,21). The van der Waals surface area contributed by atoms with Crippen molar-refractivity contribution in [3.8, 4) is 22.6 Å². The van der Waals surface area contributed by atoms with E-state index in [9.17, 15) is 4.79 Å². The Hall–Kier alpha value is -3.01. The summed E-state index contributed by atoms with van der Waals surface area (Å²) in [7, 11) is 1.65. The van der Waals surface area contributed by atoms with Crippen molar-refractivity contribution in [2.45, 2.75) is 0 Å². The van der Waals surface area contributed by atoms with Gasteiger partial charge in [-0.05, 0) is 41.5 Å². The van der Waals surface area contributed by atoms with Crippen LogP contribution >= 0.6 is 0 Å². The quantitative estimate of drug-likeness (QED) is 0.795. The van der Waals surface area contributed by atoms with Gasteiger partial charge >= 0.3 is 5.97 Å². The molecule has 3 aromatic rings. The lowest BCUT2D eigenvalue weighted by Gasteiger charge is -2.08. The summed E-state index contributed by atoms with van der Waals surface area (Å²) in [5.41, 5.74) is 3.23. The summed E-state index contributed by atoms with van der Waals surface area (Å²) >= 11 is 0. The lowest BCUT2D eigenvalue weighted by molar-refractivity contribution is 0.0697. The molecular weight excluding hydrogens is 278 g/mol. The van der Waals surface area contributed by atoms with Crippen LogP contribution in [-0.2, 0) is 0 Å². The molecule has 0 saturated heterocycles. The fourth-order valence-corrected chi connectivity index (χ4v) is 2.37. The van der Waals surface area contributed by atoms with Crippen molar-refractivity contribution < 1.29 is 14.6 Å². The Morgan fingerprint density at radius 2 is 1.73 bits per heavy atom. The van der Waals surface area contributed by atoms with Gasteiger partial charge in [0, 0.05) is 12.4 Å². The van der Waals surface area contributed by atoms with Crippen LogP contribution in [0, 0.1) is 0 Å². The number of aromatic nitrogens is 1. The molecule has 0 aliphatic heterocycles. The van der Waals surface area contributed by atoms with Crippen LogP contribution in [0.5, 0.6) is 5.75 Å². The topological polar surface area (TPSA) is 51.5 Å². The van der Waals surface area contributed by atoms with Crippen LogP contribution in [-0.4, -0.2) is 22.8 Å². The zero-order chi connectivity index (χ0) is 15.5. The highest BCUT2D eigenvalue weighted by atomic mass is 16.5. The van der Waals surface area contributed by atoms with E-state index in [1.54, 1.807) is 19.2 Å². The summed E-state index contributed by atoms with van der Waals surface area (Å²) in [5, 5.41) is 8.94. The molecule has 1 N–H and O–H groups in total. The number of hydrogen-bond acceptors (Lipinski definition) is 2. The van der Waals surface area contributed by atoms with Crippen molar-refractivity contribution >= 4 is 5.97 Å². The average Bonchev–Trinajstić information content (AvgIpc) is 3.04. The van der Waals surface area contributed by atoms with Crippen molar-refractivity contribution in [3.05, 3.63) is 72.6 Å². The molecule has 0 aliphatic carbocycles. The van der Waals surface area contributed by atoms with Gasteiger partial charge in [0.05, 0.1) is 18.4 Å². The predicted octanol–water partition coefficient (Wildman–Crippen LogP) is 3.85. The molecule has 110 valence electrons. The first-order chi connectivity index (χ1) is 10.7. The van der Waals surface area contributed by atoms with Gasteiger partial charge in [-0.1, -0.05) is 24.3 Å². The first-order valence-corrected chi connectivity index (χ1v) is 6.84. The Morgan fingerprint density at radius 3 is 2.41 bits per heavy atom. The molecule has 0 spiro atoms. The molecule has 0 fully saturated rings. The van der Waals surface area contributed by atoms with Crippen LogP contribution in [0.4, 0.5) is 0 Å². The first-order valence-electron chi connectivity index (χ1n) is 6.84. The maximum Gasteiger partial charge on any atom is 0.335 e. The number of rotatable bonds is 4. The summed E-state index contributed by atoms with van der Waals surface area (Å²) in [6, 6.07) is 16.6. The van der Waals surface area contributed by atoms with E-state index in [-0.39, 0.29) is 5.56 Å². The highest BCUT2D eigenvalue weighted by molar-refractivity contribution is 5.88. The number of methoxy groups -OCH3 is 1. The van der Waals surface area contributed by atoms with E-state index in [0.717, 1.165) is 22.6 Å². The minimum atomic E-state index is -0.918. The normalized spacial score (nSPS) is 10.4. The molecule has 0 saturated carbocycles. The summed E-state index contributed by atoms with van der Waals surface area (Å²) in [5.74, 6) is -0.121. The molecule has 1 aromatic heterocycles. The Balaban J connectivity index is 1.95. The number of carboxylic acids is 1. The van der Waals surface area contributed by atoms with Gasteiger partial charge in [0.2, 0.25) is 0 Å². The Kier molecular flexibility index (Phi) is 3.66. The molecule has 0 atom stereocenters. The van der Waals surface area contributed by atoms with Crippen molar-refractivity contribution in [2.24, 2.45) is 0 Å². The van der Waals surface area contributed by atoms with Crippen molar-refractivity contribution in [1.29, 1.82) is 0 Å². The van der Waals surface area contributed by atoms with E-state index in [2.05, 4.69) is 0 Å². The monoisotopic (exact) mass is 293 g/mol.